The normalized spacial score (nSPS) is 15.9. The first kappa shape index (κ1) is 23.8. The van der Waals surface area contributed by atoms with Gasteiger partial charge in [0, 0.05) is 42.7 Å². The number of nitro groups is 1. The highest BCUT2D eigenvalue weighted by Crippen LogP contribution is 2.25. The van der Waals surface area contributed by atoms with Crippen molar-refractivity contribution in [3.8, 4) is 0 Å². The number of sulfone groups is 1. The lowest BCUT2D eigenvalue weighted by atomic mass is 10.0. The third-order valence-electron chi connectivity index (χ3n) is 5.29. The van der Waals surface area contributed by atoms with Crippen LogP contribution in [0.4, 0.5) is 11.4 Å². The van der Waals surface area contributed by atoms with Crippen molar-refractivity contribution in [2.75, 3.05) is 24.7 Å². The molecule has 1 fully saturated rings. The third kappa shape index (κ3) is 5.31. The first-order valence-electron chi connectivity index (χ1n) is 9.79. The minimum atomic E-state index is -3.78. The van der Waals surface area contributed by atoms with Gasteiger partial charge in [-0.3, -0.25) is 14.9 Å². The number of sulfonamides is 1. The van der Waals surface area contributed by atoms with Crippen molar-refractivity contribution in [2.45, 2.75) is 29.6 Å². The lowest BCUT2D eigenvalue weighted by Crippen LogP contribution is -2.37. The van der Waals surface area contributed by atoms with Gasteiger partial charge in [-0.15, -0.1) is 0 Å². The van der Waals surface area contributed by atoms with Crippen LogP contribution < -0.4 is 5.32 Å². The van der Waals surface area contributed by atoms with Crippen molar-refractivity contribution >= 4 is 37.1 Å². The van der Waals surface area contributed by atoms with Gasteiger partial charge >= 0.3 is 0 Å². The summed E-state index contributed by atoms with van der Waals surface area (Å²) in [7, 11) is -7.42. The van der Waals surface area contributed by atoms with E-state index in [0.29, 0.717) is 19.0 Å². The van der Waals surface area contributed by atoms with Gasteiger partial charge in [-0.2, -0.15) is 4.31 Å². The molecule has 1 aliphatic rings. The number of benzene rings is 2. The van der Waals surface area contributed by atoms with E-state index in [1.165, 1.54) is 28.6 Å². The molecule has 10 nitrogen and oxygen atoms in total. The van der Waals surface area contributed by atoms with Crippen LogP contribution in [0, 0.1) is 16.0 Å². The maximum Gasteiger partial charge on any atom is 0.271 e. The Morgan fingerprint density at radius 3 is 2.16 bits per heavy atom. The van der Waals surface area contributed by atoms with Gasteiger partial charge < -0.3 is 5.32 Å². The Morgan fingerprint density at radius 1 is 1.03 bits per heavy atom. The molecule has 1 heterocycles. The van der Waals surface area contributed by atoms with Gasteiger partial charge in [0.1, 0.15) is 0 Å². The van der Waals surface area contributed by atoms with Crippen LogP contribution >= 0.6 is 0 Å². The van der Waals surface area contributed by atoms with E-state index in [0.717, 1.165) is 37.3 Å². The maximum atomic E-state index is 12.8. The van der Waals surface area contributed by atoms with E-state index in [1.54, 1.807) is 0 Å². The van der Waals surface area contributed by atoms with E-state index in [-0.39, 0.29) is 21.0 Å². The van der Waals surface area contributed by atoms with Crippen molar-refractivity contribution in [2.24, 2.45) is 5.92 Å². The zero-order valence-corrected chi connectivity index (χ0v) is 19.1. The fourth-order valence-electron chi connectivity index (χ4n) is 3.32. The number of carbonyl (C=O) groups is 1. The van der Waals surface area contributed by atoms with Crippen molar-refractivity contribution < 1.29 is 26.6 Å². The molecule has 0 atom stereocenters. The lowest BCUT2D eigenvalue weighted by molar-refractivity contribution is -0.385. The SMILES string of the molecule is CC1CCN(S(=O)(=O)c2ccc(NC(=O)c3cc([N+](=O)[O-])cc(S(C)(=O)=O)c3)cc2)CC1. The fourth-order valence-corrected chi connectivity index (χ4v) is 5.47. The van der Waals surface area contributed by atoms with Crippen LogP contribution in [0.3, 0.4) is 0 Å². The van der Waals surface area contributed by atoms with Crippen LogP contribution in [0.25, 0.3) is 0 Å². The topological polar surface area (TPSA) is 144 Å². The summed E-state index contributed by atoms with van der Waals surface area (Å²) in [5.74, 6) is -0.282. The molecule has 2 aromatic rings. The van der Waals surface area contributed by atoms with E-state index in [9.17, 15) is 31.7 Å². The zero-order chi connectivity index (χ0) is 23.7. The minimum absolute atomic E-state index is 0.0970. The summed E-state index contributed by atoms with van der Waals surface area (Å²) in [5, 5.41) is 13.6. The Hall–Kier alpha value is -2.83. The molecule has 0 aliphatic carbocycles. The number of amides is 1. The average molecular weight is 482 g/mol. The Balaban J connectivity index is 1.81. The highest BCUT2D eigenvalue weighted by Gasteiger charge is 2.28. The van der Waals surface area contributed by atoms with Gasteiger partial charge in [0.05, 0.1) is 14.7 Å². The summed E-state index contributed by atoms with van der Waals surface area (Å²) in [6.45, 7) is 3.00. The molecular formula is C20H23N3O7S2. The van der Waals surface area contributed by atoms with Gasteiger partial charge in [-0.1, -0.05) is 6.92 Å². The van der Waals surface area contributed by atoms with E-state index in [4.69, 9.17) is 0 Å². The van der Waals surface area contributed by atoms with E-state index in [2.05, 4.69) is 12.2 Å². The molecule has 3 rings (SSSR count). The number of rotatable bonds is 6. The Kier molecular flexibility index (Phi) is 6.67. The molecule has 172 valence electrons. The molecular weight excluding hydrogens is 458 g/mol. The second kappa shape index (κ2) is 8.96. The Bertz CT molecular complexity index is 1250. The summed E-state index contributed by atoms with van der Waals surface area (Å²) in [6.07, 6.45) is 2.48. The number of piperidine rings is 1. The Labute approximate surface area is 186 Å². The molecule has 0 unspecified atom stereocenters. The molecule has 1 aliphatic heterocycles. The summed E-state index contributed by atoms with van der Waals surface area (Å²) >= 11 is 0. The summed E-state index contributed by atoms with van der Waals surface area (Å²) < 4.78 is 50.7. The van der Waals surface area contributed by atoms with Crippen molar-refractivity contribution in [1.29, 1.82) is 0 Å². The Morgan fingerprint density at radius 2 is 1.62 bits per heavy atom. The minimum Gasteiger partial charge on any atom is -0.322 e. The lowest BCUT2D eigenvalue weighted by Gasteiger charge is -2.29. The van der Waals surface area contributed by atoms with Gasteiger partial charge in [0.2, 0.25) is 10.0 Å². The van der Waals surface area contributed by atoms with Crippen LogP contribution in [-0.4, -0.2) is 51.3 Å². The van der Waals surface area contributed by atoms with Crippen molar-refractivity contribution in [3.63, 3.8) is 0 Å². The quantitative estimate of drug-likeness (QED) is 0.493. The van der Waals surface area contributed by atoms with Gasteiger partial charge in [-0.25, -0.2) is 16.8 Å². The first-order chi connectivity index (χ1) is 14.9. The smallest absolute Gasteiger partial charge is 0.271 e. The number of nitrogens with zero attached hydrogens (tertiary/aromatic N) is 2. The zero-order valence-electron chi connectivity index (χ0n) is 17.5. The number of carbonyl (C=O) groups excluding carboxylic acids is 1. The van der Waals surface area contributed by atoms with Crippen LogP contribution in [0.15, 0.2) is 52.3 Å². The molecule has 1 N–H and O–H groups in total. The van der Waals surface area contributed by atoms with E-state index < -0.39 is 36.4 Å². The molecule has 1 saturated heterocycles. The molecule has 0 bridgehead atoms. The molecule has 0 aromatic heterocycles. The van der Waals surface area contributed by atoms with Crippen LogP contribution in [0.2, 0.25) is 0 Å². The van der Waals surface area contributed by atoms with Gasteiger partial charge in [-0.05, 0) is 49.1 Å². The van der Waals surface area contributed by atoms with E-state index in [1.807, 2.05) is 0 Å². The highest BCUT2D eigenvalue weighted by molar-refractivity contribution is 7.90. The summed E-state index contributed by atoms with van der Waals surface area (Å²) in [5.41, 5.74) is -0.484. The highest BCUT2D eigenvalue weighted by atomic mass is 32.2. The monoisotopic (exact) mass is 481 g/mol. The maximum absolute atomic E-state index is 12.8. The summed E-state index contributed by atoms with van der Waals surface area (Å²) in [6, 6.07) is 8.47. The molecule has 12 heteroatoms. The largest absolute Gasteiger partial charge is 0.322 e. The average Bonchev–Trinajstić information content (AvgIpc) is 2.73. The summed E-state index contributed by atoms with van der Waals surface area (Å²) in [4.78, 5) is 22.6. The van der Waals surface area contributed by atoms with Crippen molar-refractivity contribution in [3.05, 3.63) is 58.1 Å². The molecule has 0 radical (unpaired) electrons. The predicted molar refractivity (Wildman–Crippen MR) is 118 cm³/mol. The van der Waals surface area contributed by atoms with Crippen molar-refractivity contribution in [1.82, 2.24) is 4.31 Å². The molecule has 2 aromatic carbocycles. The number of anilines is 1. The number of hydrogen-bond donors (Lipinski definition) is 1. The standard InChI is InChI=1S/C20H23N3O7S2/c1-14-7-9-22(10-8-14)32(29,30)18-5-3-16(4-6-18)21-20(24)15-11-17(23(25)26)13-19(12-15)31(2,27)28/h3-6,11-14H,7-10H2,1-2H3,(H,21,24). The molecule has 1 amide bonds. The second-order valence-corrected chi connectivity index (χ2v) is 11.8. The van der Waals surface area contributed by atoms with Crippen LogP contribution in [0.5, 0.6) is 0 Å². The number of nitrogens with one attached hydrogen (secondary N) is 1. The van der Waals surface area contributed by atoms with Crippen LogP contribution in [0.1, 0.15) is 30.1 Å². The van der Waals surface area contributed by atoms with Gasteiger partial charge in [0.15, 0.2) is 9.84 Å². The fraction of sp³-hybridized carbons (Fsp3) is 0.350. The van der Waals surface area contributed by atoms with Gasteiger partial charge in [0.25, 0.3) is 11.6 Å². The number of non-ortho nitro benzene ring substituents is 1. The van der Waals surface area contributed by atoms with Crippen LogP contribution in [-0.2, 0) is 19.9 Å². The van der Waals surface area contributed by atoms with E-state index >= 15 is 0 Å². The number of nitro benzene ring substituents is 1. The molecule has 32 heavy (non-hydrogen) atoms. The number of hydrogen-bond acceptors (Lipinski definition) is 7. The molecule has 0 saturated carbocycles. The predicted octanol–water partition coefficient (Wildman–Crippen LogP) is 2.67. The molecule has 0 spiro atoms. The third-order valence-corrected chi connectivity index (χ3v) is 8.29. The first-order valence-corrected chi connectivity index (χ1v) is 13.1. The second-order valence-electron chi connectivity index (χ2n) is 7.81.